The Morgan fingerprint density at radius 3 is 2.57 bits per heavy atom. The SMILES string of the molecule is N=C(N)CCCSc1ccc(F)cc1. The monoisotopic (exact) mass is 212 g/mol. The molecule has 2 nitrogen and oxygen atoms in total. The zero-order valence-electron chi connectivity index (χ0n) is 7.79. The molecule has 4 heteroatoms. The highest BCUT2D eigenvalue weighted by molar-refractivity contribution is 7.99. The first-order chi connectivity index (χ1) is 6.68. The smallest absolute Gasteiger partial charge is 0.123 e. The molecule has 0 amide bonds. The van der Waals surface area contributed by atoms with E-state index >= 15 is 0 Å². The Balaban J connectivity index is 2.25. The van der Waals surface area contributed by atoms with E-state index in [1.807, 2.05) is 0 Å². The van der Waals surface area contributed by atoms with E-state index < -0.39 is 0 Å². The van der Waals surface area contributed by atoms with Crippen molar-refractivity contribution in [1.82, 2.24) is 0 Å². The molecular formula is C10H13FN2S. The van der Waals surface area contributed by atoms with Crippen LogP contribution in [0.5, 0.6) is 0 Å². The van der Waals surface area contributed by atoms with Crippen LogP contribution in [0.3, 0.4) is 0 Å². The molecule has 1 aromatic rings. The maximum absolute atomic E-state index is 12.5. The fourth-order valence-corrected chi connectivity index (χ4v) is 1.84. The summed E-state index contributed by atoms with van der Waals surface area (Å²) < 4.78 is 12.5. The summed E-state index contributed by atoms with van der Waals surface area (Å²) >= 11 is 1.65. The minimum Gasteiger partial charge on any atom is -0.388 e. The van der Waals surface area contributed by atoms with Crippen LogP contribution in [0, 0.1) is 11.2 Å². The van der Waals surface area contributed by atoms with Gasteiger partial charge in [0.1, 0.15) is 5.82 Å². The van der Waals surface area contributed by atoms with Crippen LogP contribution >= 0.6 is 11.8 Å². The van der Waals surface area contributed by atoms with Crippen LogP contribution in [0.25, 0.3) is 0 Å². The number of hydrogen-bond donors (Lipinski definition) is 2. The molecule has 0 unspecified atom stereocenters. The van der Waals surface area contributed by atoms with Crippen molar-refractivity contribution < 1.29 is 4.39 Å². The summed E-state index contributed by atoms with van der Waals surface area (Å²) in [6.45, 7) is 0. The van der Waals surface area contributed by atoms with Crippen LogP contribution in [-0.2, 0) is 0 Å². The largest absolute Gasteiger partial charge is 0.388 e. The van der Waals surface area contributed by atoms with Gasteiger partial charge >= 0.3 is 0 Å². The number of amidine groups is 1. The molecule has 0 radical (unpaired) electrons. The molecule has 76 valence electrons. The minimum atomic E-state index is -0.210. The van der Waals surface area contributed by atoms with Crippen molar-refractivity contribution in [2.45, 2.75) is 17.7 Å². The van der Waals surface area contributed by atoms with Gasteiger partial charge in [-0.3, -0.25) is 5.41 Å². The van der Waals surface area contributed by atoms with Gasteiger partial charge in [0.2, 0.25) is 0 Å². The molecule has 0 aliphatic carbocycles. The van der Waals surface area contributed by atoms with Gasteiger partial charge in [-0.1, -0.05) is 0 Å². The van der Waals surface area contributed by atoms with Crippen molar-refractivity contribution in [3.63, 3.8) is 0 Å². The fourth-order valence-electron chi connectivity index (χ4n) is 0.983. The number of nitrogens with one attached hydrogen (secondary N) is 1. The average molecular weight is 212 g/mol. The first-order valence-electron chi connectivity index (χ1n) is 4.40. The van der Waals surface area contributed by atoms with Gasteiger partial charge in [0, 0.05) is 11.3 Å². The summed E-state index contributed by atoms with van der Waals surface area (Å²) in [7, 11) is 0. The van der Waals surface area contributed by atoms with Crippen molar-refractivity contribution in [1.29, 1.82) is 5.41 Å². The zero-order chi connectivity index (χ0) is 10.4. The van der Waals surface area contributed by atoms with E-state index in [2.05, 4.69) is 0 Å². The lowest BCUT2D eigenvalue weighted by Crippen LogP contribution is -2.08. The Labute approximate surface area is 87.2 Å². The van der Waals surface area contributed by atoms with Gasteiger partial charge in [0.15, 0.2) is 0 Å². The first kappa shape index (κ1) is 11.0. The summed E-state index contributed by atoms with van der Waals surface area (Å²) in [5.41, 5.74) is 5.22. The second-order valence-corrected chi connectivity index (χ2v) is 4.10. The van der Waals surface area contributed by atoms with Crippen LogP contribution in [-0.4, -0.2) is 11.6 Å². The van der Waals surface area contributed by atoms with Gasteiger partial charge in [0.05, 0.1) is 5.84 Å². The third kappa shape index (κ3) is 4.28. The summed E-state index contributed by atoms with van der Waals surface area (Å²) in [5.74, 6) is 0.924. The lowest BCUT2D eigenvalue weighted by Gasteiger charge is -2.00. The van der Waals surface area contributed by atoms with Gasteiger partial charge in [-0.15, -0.1) is 11.8 Å². The third-order valence-corrected chi connectivity index (χ3v) is 2.77. The molecule has 0 aromatic heterocycles. The standard InChI is InChI=1S/C10H13FN2S/c11-8-3-5-9(6-4-8)14-7-1-2-10(12)13/h3-6H,1-2,7H2,(H3,12,13). The Kier molecular flexibility index (Phi) is 4.46. The van der Waals surface area contributed by atoms with Crippen molar-refractivity contribution in [2.75, 3.05) is 5.75 Å². The van der Waals surface area contributed by atoms with Crippen molar-refractivity contribution in [2.24, 2.45) is 5.73 Å². The fraction of sp³-hybridized carbons (Fsp3) is 0.300. The Morgan fingerprint density at radius 1 is 1.36 bits per heavy atom. The Hall–Kier alpha value is -1.03. The summed E-state index contributed by atoms with van der Waals surface area (Å²) in [6.07, 6.45) is 1.52. The number of halogens is 1. The number of rotatable bonds is 5. The van der Waals surface area contributed by atoms with Gasteiger partial charge in [-0.2, -0.15) is 0 Å². The van der Waals surface area contributed by atoms with E-state index in [9.17, 15) is 4.39 Å². The van der Waals surface area contributed by atoms with E-state index in [1.54, 1.807) is 23.9 Å². The Morgan fingerprint density at radius 2 is 2.00 bits per heavy atom. The third-order valence-electron chi connectivity index (χ3n) is 1.67. The van der Waals surface area contributed by atoms with Crippen LogP contribution in [0.1, 0.15) is 12.8 Å². The van der Waals surface area contributed by atoms with Crippen molar-refractivity contribution in [3.05, 3.63) is 30.1 Å². The van der Waals surface area contributed by atoms with E-state index in [0.717, 1.165) is 17.1 Å². The van der Waals surface area contributed by atoms with Crippen LogP contribution < -0.4 is 5.73 Å². The lowest BCUT2D eigenvalue weighted by atomic mass is 10.3. The molecule has 0 atom stereocenters. The number of thioether (sulfide) groups is 1. The van der Waals surface area contributed by atoms with Gasteiger partial charge < -0.3 is 5.73 Å². The normalized spacial score (nSPS) is 10.1. The summed E-state index contributed by atoms with van der Waals surface area (Å²) in [4.78, 5) is 1.05. The average Bonchev–Trinajstić information content (AvgIpc) is 2.15. The van der Waals surface area contributed by atoms with E-state index in [-0.39, 0.29) is 11.7 Å². The molecule has 0 fully saturated rings. The van der Waals surface area contributed by atoms with Crippen LogP contribution in [0.15, 0.2) is 29.2 Å². The maximum Gasteiger partial charge on any atom is 0.123 e. The summed E-state index contributed by atoms with van der Waals surface area (Å²) in [6, 6.07) is 6.42. The molecule has 0 spiro atoms. The predicted octanol–water partition coefficient (Wildman–Crippen LogP) is 2.63. The molecule has 0 heterocycles. The van der Waals surface area contributed by atoms with Gasteiger partial charge in [-0.05, 0) is 36.4 Å². The van der Waals surface area contributed by atoms with E-state index in [4.69, 9.17) is 11.1 Å². The molecule has 0 saturated carbocycles. The van der Waals surface area contributed by atoms with Gasteiger partial charge in [0.25, 0.3) is 0 Å². The van der Waals surface area contributed by atoms with Crippen molar-refractivity contribution >= 4 is 17.6 Å². The van der Waals surface area contributed by atoms with Crippen molar-refractivity contribution in [3.8, 4) is 0 Å². The summed E-state index contributed by atoms with van der Waals surface area (Å²) in [5, 5.41) is 7.02. The molecular weight excluding hydrogens is 199 g/mol. The quantitative estimate of drug-likeness (QED) is 0.341. The minimum absolute atomic E-state index is 0.210. The van der Waals surface area contributed by atoms with Crippen LogP contribution in [0.4, 0.5) is 4.39 Å². The Bertz CT molecular complexity index is 297. The molecule has 3 N–H and O–H groups in total. The number of benzene rings is 1. The zero-order valence-corrected chi connectivity index (χ0v) is 8.61. The van der Waals surface area contributed by atoms with E-state index in [1.165, 1.54) is 12.1 Å². The number of nitrogens with two attached hydrogens (primary N) is 1. The van der Waals surface area contributed by atoms with E-state index in [0.29, 0.717) is 6.42 Å². The molecule has 0 saturated heterocycles. The molecule has 0 bridgehead atoms. The second kappa shape index (κ2) is 5.65. The molecule has 0 aliphatic rings. The highest BCUT2D eigenvalue weighted by atomic mass is 32.2. The lowest BCUT2D eigenvalue weighted by molar-refractivity contribution is 0.626. The molecule has 0 aliphatic heterocycles. The highest BCUT2D eigenvalue weighted by Crippen LogP contribution is 2.19. The molecule has 14 heavy (non-hydrogen) atoms. The highest BCUT2D eigenvalue weighted by Gasteiger charge is 1.95. The topological polar surface area (TPSA) is 49.9 Å². The maximum atomic E-state index is 12.5. The number of hydrogen-bond acceptors (Lipinski definition) is 2. The van der Waals surface area contributed by atoms with Crippen LogP contribution in [0.2, 0.25) is 0 Å². The predicted molar refractivity (Wildman–Crippen MR) is 58.3 cm³/mol. The van der Waals surface area contributed by atoms with Gasteiger partial charge in [-0.25, -0.2) is 4.39 Å². The molecule has 1 aromatic carbocycles. The second-order valence-electron chi connectivity index (χ2n) is 2.93. The first-order valence-corrected chi connectivity index (χ1v) is 5.38. The molecule has 1 rings (SSSR count).